The van der Waals surface area contributed by atoms with Crippen LogP contribution in [0.25, 0.3) is 0 Å². The molecule has 0 spiro atoms. The molecule has 0 amide bonds. The van der Waals surface area contributed by atoms with Crippen molar-refractivity contribution in [3.8, 4) is 11.8 Å². The molecular formula is C18H18O2S2. The molecule has 0 aliphatic carbocycles. The van der Waals surface area contributed by atoms with Crippen molar-refractivity contribution in [2.45, 2.75) is 25.0 Å². The minimum absolute atomic E-state index is 0.511. The lowest BCUT2D eigenvalue weighted by Gasteiger charge is -2.06. The molecule has 2 aromatic heterocycles. The van der Waals surface area contributed by atoms with Gasteiger partial charge in [-0.25, -0.2) is 0 Å². The summed E-state index contributed by atoms with van der Waals surface area (Å²) >= 11 is 2.99. The summed E-state index contributed by atoms with van der Waals surface area (Å²) in [6.45, 7) is 7.30. The van der Waals surface area contributed by atoms with E-state index in [0.29, 0.717) is 12.8 Å². The number of aliphatic hydroxyl groups excluding tert-OH is 2. The largest absolute Gasteiger partial charge is 0.387 e. The van der Waals surface area contributed by atoms with Crippen LogP contribution in [0, 0.1) is 11.8 Å². The fourth-order valence-corrected chi connectivity index (χ4v) is 3.73. The first-order valence-corrected chi connectivity index (χ1v) is 8.68. The van der Waals surface area contributed by atoms with E-state index >= 15 is 0 Å². The van der Waals surface area contributed by atoms with Crippen LogP contribution in [-0.4, -0.2) is 10.2 Å². The first-order chi connectivity index (χ1) is 10.7. The molecule has 2 unspecified atom stereocenters. The van der Waals surface area contributed by atoms with Crippen molar-refractivity contribution in [1.29, 1.82) is 0 Å². The van der Waals surface area contributed by atoms with E-state index in [1.165, 1.54) is 22.7 Å². The van der Waals surface area contributed by atoms with Gasteiger partial charge in [0.15, 0.2) is 0 Å². The van der Waals surface area contributed by atoms with Gasteiger partial charge in [0.1, 0.15) is 0 Å². The molecule has 2 aromatic rings. The van der Waals surface area contributed by atoms with Crippen LogP contribution in [0.2, 0.25) is 0 Å². The summed E-state index contributed by atoms with van der Waals surface area (Å²) in [5, 5.41) is 24.0. The lowest BCUT2D eigenvalue weighted by Crippen LogP contribution is -1.95. The molecule has 2 N–H and O–H groups in total. The Morgan fingerprint density at radius 2 is 1.32 bits per heavy atom. The van der Waals surface area contributed by atoms with Gasteiger partial charge in [-0.3, -0.25) is 0 Å². The minimum Gasteiger partial charge on any atom is -0.387 e. The summed E-state index contributed by atoms with van der Waals surface area (Å²) in [5.41, 5.74) is 1.66. The van der Waals surface area contributed by atoms with Crippen molar-refractivity contribution in [3.05, 3.63) is 69.1 Å². The molecule has 0 aliphatic heterocycles. The maximum absolute atomic E-state index is 10.1. The zero-order chi connectivity index (χ0) is 15.9. The zero-order valence-corrected chi connectivity index (χ0v) is 13.8. The predicted molar refractivity (Wildman–Crippen MR) is 94.2 cm³/mol. The predicted octanol–water partition coefficient (Wildman–Crippen LogP) is 4.43. The lowest BCUT2D eigenvalue weighted by atomic mass is 10.1. The molecule has 0 radical (unpaired) electrons. The molecule has 0 bridgehead atoms. The van der Waals surface area contributed by atoms with Gasteiger partial charge in [-0.1, -0.05) is 24.0 Å². The van der Waals surface area contributed by atoms with Gasteiger partial charge in [0, 0.05) is 20.9 Å². The summed E-state index contributed by atoms with van der Waals surface area (Å²) in [4.78, 5) is 1.71. The van der Waals surface area contributed by atoms with E-state index in [1.54, 1.807) is 12.2 Å². The Labute approximate surface area is 139 Å². The average molecular weight is 330 g/mol. The van der Waals surface area contributed by atoms with Crippen LogP contribution in [0.5, 0.6) is 0 Å². The summed E-state index contributed by atoms with van der Waals surface area (Å²) in [7, 11) is 0. The van der Waals surface area contributed by atoms with E-state index in [4.69, 9.17) is 0 Å². The second-order valence-electron chi connectivity index (χ2n) is 4.73. The third kappa shape index (κ3) is 3.96. The molecule has 2 nitrogen and oxygen atoms in total. The SMILES string of the molecule is C=CCC(O)c1sccc1C#Cc1ccsc1C(O)CC=C. The smallest absolute Gasteiger partial charge is 0.0928 e. The van der Waals surface area contributed by atoms with Crippen LogP contribution < -0.4 is 0 Å². The summed E-state index contributed by atoms with van der Waals surface area (Å²) < 4.78 is 0. The third-order valence-corrected chi connectivity index (χ3v) is 5.14. The van der Waals surface area contributed by atoms with E-state index in [9.17, 15) is 10.2 Å². The van der Waals surface area contributed by atoms with E-state index in [2.05, 4.69) is 25.0 Å². The lowest BCUT2D eigenvalue weighted by molar-refractivity contribution is 0.185. The quantitative estimate of drug-likeness (QED) is 0.608. The van der Waals surface area contributed by atoms with Crippen molar-refractivity contribution in [2.24, 2.45) is 0 Å². The molecule has 2 rings (SSSR count). The van der Waals surface area contributed by atoms with Gasteiger partial charge in [-0.05, 0) is 35.7 Å². The van der Waals surface area contributed by atoms with Gasteiger partial charge < -0.3 is 10.2 Å². The topological polar surface area (TPSA) is 40.5 Å². The van der Waals surface area contributed by atoms with Crippen LogP contribution in [-0.2, 0) is 0 Å². The van der Waals surface area contributed by atoms with Gasteiger partial charge in [0.2, 0.25) is 0 Å². The Hall–Kier alpha value is -1.64. The van der Waals surface area contributed by atoms with Crippen molar-refractivity contribution in [1.82, 2.24) is 0 Å². The maximum atomic E-state index is 10.1. The molecule has 0 aromatic carbocycles. The van der Waals surface area contributed by atoms with Crippen LogP contribution >= 0.6 is 22.7 Å². The number of thiophene rings is 2. The molecule has 0 aliphatic rings. The highest BCUT2D eigenvalue weighted by Crippen LogP contribution is 2.28. The van der Waals surface area contributed by atoms with E-state index < -0.39 is 12.2 Å². The second kappa shape index (κ2) is 8.11. The maximum Gasteiger partial charge on any atom is 0.0928 e. The average Bonchev–Trinajstić information content (AvgIpc) is 3.14. The highest BCUT2D eigenvalue weighted by molar-refractivity contribution is 7.10. The highest BCUT2D eigenvalue weighted by atomic mass is 32.1. The fraction of sp³-hybridized carbons (Fsp3) is 0.222. The number of hydrogen-bond donors (Lipinski definition) is 2. The van der Waals surface area contributed by atoms with Crippen molar-refractivity contribution in [2.75, 3.05) is 0 Å². The Balaban J connectivity index is 2.25. The van der Waals surface area contributed by atoms with Crippen LogP contribution in [0.15, 0.2) is 48.2 Å². The molecule has 0 saturated carbocycles. The van der Waals surface area contributed by atoms with E-state index in [-0.39, 0.29) is 0 Å². The molecule has 22 heavy (non-hydrogen) atoms. The Morgan fingerprint density at radius 1 is 0.909 bits per heavy atom. The van der Waals surface area contributed by atoms with Gasteiger partial charge >= 0.3 is 0 Å². The molecule has 4 heteroatoms. The minimum atomic E-state index is -0.560. The molecular weight excluding hydrogens is 312 g/mol. The Kier molecular flexibility index (Phi) is 6.17. The van der Waals surface area contributed by atoms with Crippen molar-refractivity contribution < 1.29 is 10.2 Å². The Bertz CT molecular complexity index is 642. The first kappa shape index (κ1) is 16.7. The molecule has 114 valence electrons. The monoisotopic (exact) mass is 330 g/mol. The van der Waals surface area contributed by atoms with Crippen molar-refractivity contribution >= 4 is 22.7 Å². The fourth-order valence-electron chi connectivity index (χ4n) is 2.03. The van der Waals surface area contributed by atoms with Gasteiger partial charge in [-0.2, -0.15) is 0 Å². The molecule has 0 saturated heterocycles. The Morgan fingerprint density at radius 3 is 1.68 bits per heavy atom. The van der Waals surface area contributed by atoms with Gasteiger partial charge in [0.25, 0.3) is 0 Å². The molecule has 2 atom stereocenters. The van der Waals surface area contributed by atoms with Crippen molar-refractivity contribution in [3.63, 3.8) is 0 Å². The molecule has 2 heterocycles. The van der Waals surface area contributed by atoms with Crippen LogP contribution in [0.4, 0.5) is 0 Å². The zero-order valence-electron chi connectivity index (χ0n) is 12.2. The second-order valence-corrected chi connectivity index (χ2v) is 6.62. The number of aliphatic hydroxyl groups is 2. The number of rotatable bonds is 6. The van der Waals surface area contributed by atoms with Crippen LogP contribution in [0.1, 0.15) is 45.9 Å². The summed E-state index contributed by atoms with van der Waals surface area (Å²) in [6.07, 6.45) is 3.30. The summed E-state index contributed by atoms with van der Waals surface area (Å²) in [5.74, 6) is 6.22. The van der Waals surface area contributed by atoms with E-state index in [0.717, 1.165) is 20.9 Å². The van der Waals surface area contributed by atoms with Gasteiger partial charge in [-0.15, -0.1) is 35.8 Å². The standard InChI is InChI=1S/C18H18O2S2/c1-3-5-15(19)17-13(9-11-21-17)7-8-14-10-12-22-18(14)16(20)6-4-2/h3-4,9-12,15-16,19-20H,1-2,5-6H2. The van der Waals surface area contributed by atoms with E-state index in [1.807, 2.05) is 22.9 Å². The first-order valence-electron chi connectivity index (χ1n) is 6.92. The molecule has 0 fully saturated rings. The number of hydrogen-bond acceptors (Lipinski definition) is 4. The van der Waals surface area contributed by atoms with Crippen LogP contribution in [0.3, 0.4) is 0 Å². The normalized spacial score (nSPS) is 13.0. The summed E-state index contributed by atoms with van der Waals surface area (Å²) in [6, 6.07) is 3.82. The highest BCUT2D eigenvalue weighted by Gasteiger charge is 2.13. The van der Waals surface area contributed by atoms with Gasteiger partial charge in [0.05, 0.1) is 12.2 Å². The third-order valence-electron chi connectivity index (χ3n) is 3.11.